The standard InChI is InChI=1S/C25H25BrClFN4O3/c1-13(33)32-9-15-5-14(6-16(15)10-32)11-35-22-8-20-17(7-21(22)34-2)25(30-12-29-20)31-19-4-3-18(26)23(27)24(19)28/h3-4,7-8,12,14-16H,5-6,9-11H2,1-2H3,(H,29,30,31). The summed E-state index contributed by atoms with van der Waals surface area (Å²) in [4.78, 5) is 22.3. The predicted molar refractivity (Wildman–Crippen MR) is 136 cm³/mol. The molecule has 2 aliphatic rings. The van der Waals surface area contributed by atoms with Gasteiger partial charge in [-0.2, -0.15) is 0 Å². The Balaban J connectivity index is 1.33. The van der Waals surface area contributed by atoms with Gasteiger partial charge in [-0.25, -0.2) is 14.4 Å². The topological polar surface area (TPSA) is 76.6 Å². The number of methoxy groups -OCH3 is 1. The maximum atomic E-state index is 14.6. The molecule has 7 nitrogen and oxygen atoms in total. The summed E-state index contributed by atoms with van der Waals surface area (Å²) in [5.41, 5.74) is 0.843. The monoisotopic (exact) mass is 562 g/mol. The molecule has 2 atom stereocenters. The molecule has 1 aromatic heterocycles. The van der Waals surface area contributed by atoms with E-state index >= 15 is 0 Å². The number of fused-ring (bicyclic) bond motifs is 2. The molecule has 5 rings (SSSR count). The molecule has 1 aliphatic heterocycles. The predicted octanol–water partition coefficient (Wildman–Crippen LogP) is 5.82. The molecule has 2 fully saturated rings. The third kappa shape index (κ3) is 4.76. The van der Waals surface area contributed by atoms with Gasteiger partial charge in [-0.05, 0) is 64.7 Å². The molecule has 0 spiro atoms. The van der Waals surface area contributed by atoms with E-state index in [0.29, 0.717) is 57.1 Å². The molecule has 0 radical (unpaired) electrons. The molecule has 2 heterocycles. The highest BCUT2D eigenvalue weighted by atomic mass is 79.9. The Morgan fingerprint density at radius 2 is 1.97 bits per heavy atom. The molecule has 1 aliphatic carbocycles. The van der Waals surface area contributed by atoms with E-state index in [9.17, 15) is 9.18 Å². The number of ether oxygens (including phenoxy) is 2. The fraction of sp³-hybridized carbons (Fsp3) is 0.400. The molecular formula is C25H25BrClFN4O3. The molecule has 2 unspecified atom stereocenters. The minimum Gasteiger partial charge on any atom is -0.493 e. The molecule has 1 saturated heterocycles. The minimum atomic E-state index is -0.576. The smallest absolute Gasteiger partial charge is 0.219 e. The van der Waals surface area contributed by atoms with Gasteiger partial charge in [0.15, 0.2) is 17.3 Å². The number of likely N-dealkylation sites (tertiary alicyclic amines) is 1. The average Bonchev–Trinajstić information content (AvgIpc) is 3.42. The van der Waals surface area contributed by atoms with Crippen LogP contribution in [0.4, 0.5) is 15.9 Å². The number of carbonyl (C=O) groups excluding carboxylic acids is 1. The minimum absolute atomic E-state index is 0.00770. The molecule has 35 heavy (non-hydrogen) atoms. The van der Waals surface area contributed by atoms with Crippen molar-refractivity contribution in [3.8, 4) is 11.5 Å². The van der Waals surface area contributed by atoms with E-state index in [1.807, 2.05) is 11.0 Å². The number of benzene rings is 2. The van der Waals surface area contributed by atoms with Gasteiger partial charge in [-0.1, -0.05) is 11.6 Å². The fourth-order valence-corrected chi connectivity index (χ4v) is 5.68. The molecular weight excluding hydrogens is 539 g/mol. The van der Waals surface area contributed by atoms with Crippen molar-refractivity contribution in [3.63, 3.8) is 0 Å². The van der Waals surface area contributed by atoms with E-state index in [-0.39, 0.29) is 16.6 Å². The third-order valence-corrected chi connectivity index (χ3v) is 8.24. The van der Waals surface area contributed by atoms with Crippen LogP contribution in [-0.2, 0) is 4.79 Å². The second kappa shape index (κ2) is 9.78. The zero-order valence-corrected chi connectivity index (χ0v) is 21.7. The summed E-state index contributed by atoms with van der Waals surface area (Å²) in [5.74, 6) is 2.71. The number of amides is 1. The lowest BCUT2D eigenvalue weighted by Gasteiger charge is -2.19. The van der Waals surface area contributed by atoms with Crippen LogP contribution < -0.4 is 14.8 Å². The van der Waals surface area contributed by atoms with Crippen molar-refractivity contribution < 1.29 is 18.7 Å². The van der Waals surface area contributed by atoms with Gasteiger partial charge < -0.3 is 19.7 Å². The number of halogens is 3. The summed E-state index contributed by atoms with van der Waals surface area (Å²) in [5, 5.41) is 3.66. The summed E-state index contributed by atoms with van der Waals surface area (Å²) in [6.07, 6.45) is 3.53. The maximum Gasteiger partial charge on any atom is 0.219 e. The number of rotatable bonds is 6. The quantitative estimate of drug-likeness (QED) is 0.381. The van der Waals surface area contributed by atoms with Crippen LogP contribution in [0, 0.1) is 23.6 Å². The first-order valence-electron chi connectivity index (χ1n) is 11.5. The number of hydrogen-bond acceptors (Lipinski definition) is 6. The first-order valence-corrected chi connectivity index (χ1v) is 12.6. The molecule has 0 bridgehead atoms. The molecule has 10 heteroatoms. The van der Waals surface area contributed by atoms with E-state index in [1.54, 1.807) is 32.2 Å². The van der Waals surface area contributed by atoms with E-state index in [2.05, 4.69) is 31.2 Å². The Bertz CT molecular complexity index is 1280. The molecule has 1 saturated carbocycles. The van der Waals surface area contributed by atoms with E-state index < -0.39 is 5.82 Å². The van der Waals surface area contributed by atoms with Gasteiger partial charge in [-0.15, -0.1) is 0 Å². The first kappa shape index (κ1) is 24.1. The van der Waals surface area contributed by atoms with Gasteiger partial charge in [0, 0.05) is 35.9 Å². The Morgan fingerprint density at radius 3 is 2.66 bits per heavy atom. The van der Waals surface area contributed by atoms with Gasteiger partial charge in [0.05, 0.1) is 29.9 Å². The zero-order chi connectivity index (χ0) is 24.7. The lowest BCUT2D eigenvalue weighted by atomic mass is 10.0. The maximum absolute atomic E-state index is 14.6. The van der Waals surface area contributed by atoms with E-state index in [0.717, 1.165) is 25.9 Å². The van der Waals surface area contributed by atoms with Crippen LogP contribution in [0.5, 0.6) is 11.5 Å². The largest absolute Gasteiger partial charge is 0.493 e. The average molecular weight is 564 g/mol. The SMILES string of the molecule is COc1cc2c(Nc3ccc(Br)c(Cl)c3F)ncnc2cc1OCC1CC2CN(C(C)=O)CC2C1. The van der Waals surface area contributed by atoms with Crippen molar-refractivity contribution in [2.75, 3.05) is 32.1 Å². The highest BCUT2D eigenvalue weighted by Gasteiger charge is 2.41. The van der Waals surface area contributed by atoms with Gasteiger partial charge >= 0.3 is 0 Å². The van der Waals surface area contributed by atoms with Crippen molar-refractivity contribution >= 4 is 55.8 Å². The molecule has 2 aromatic carbocycles. The Morgan fingerprint density at radius 1 is 1.23 bits per heavy atom. The lowest BCUT2D eigenvalue weighted by molar-refractivity contribution is -0.128. The normalized spacial score (nSPS) is 21.3. The van der Waals surface area contributed by atoms with Crippen molar-refractivity contribution in [2.24, 2.45) is 17.8 Å². The van der Waals surface area contributed by atoms with Crippen molar-refractivity contribution in [1.82, 2.24) is 14.9 Å². The third-order valence-electron chi connectivity index (χ3n) is 6.98. The van der Waals surface area contributed by atoms with Crippen LogP contribution in [0.2, 0.25) is 5.02 Å². The van der Waals surface area contributed by atoms with Gasteiger partial charge in [0.1, 0.15) is 12.1 Å². The lowest BCUT2D eigenvalue weighted by Crippen LogP contribution is -2.27. The number of carbonyl (C=O) groups is 1. The number of nitrogens with zero attached hydrogens (tertiary/aromatic N) is 3. The molecule has 1 N–H and O–H groups in total. The number of hydrogen-bond donors (Lipinski definition) is 1. The zero-order valence-electron chi connectivity index (χ0n) is 19.4. The Kier molecular flexibility index (Phi) is 6.72. The molecule has 3 aromatic rings. The van der Waals surface area contributed by atoms with Gasteiger partial charge in [0.2, 0.25) is 5.91 Å². The summed E-state index contributed by atoms with van der Waals surface area (Å²) in [6, 6.07) is 6.86. The van der Waals surface area contributed by atoms with Crippen LogP contribution >= 0.6 is 27.5 Å². The summed E-state index contributed by atoms with van der Waals surface area (Å²) >= 11 is 9.25. The van der Waals surface area contributed by atoms with E-state index in [1.165, 1.54) is 6.33 Å². The number of aromatic nitrogens is 2. The van der Waals surface area contributed by atoms with Gasteiger partial charge in [0.25, 0.3) is 0 Å². The first-order chi connectivity index (χ1) is 16.8. The summed E-state index contributed by atoms with van der Waals surface area (Å²) in [7, 11) is 1.58. The van der Waals surface area contributed by atoms with Crippen LogP contribution in [0.25, 0.3) is 10.9 Å². The van der Waals surface area contributed by atoms with Crippen LogP contribution in [-0.4, -0.2) is 47.6 Å². The highest BCUT2D eigenvalue weighted by molar-refractivity contribution is 9.10. The Hall–Kier alpha value is -2.65. The highest BCUT2D eigenvalue weighted by Crippen LogP contribution is 2.43. The summed E-state index contributed by atoms with van der Waals surface area (Å²) in [6.45, 7) is 3.93. The molecule has 1 amide bonds. The van der Waals surface area contributed by atoms with E-state index in [4.69, 9.17) is 21.1 Å². The fourth-order valence-electron chi connectivity index (χ4n) is 5.21. The second-order valence-electron chi connectivity index (χ2n) is 9.18. The second-order valence-corrected chi connectivity index (χ2v) is 10.4. The molecule has 184 valence electrons. The van der Waals surface area contributed by atoms with Crippen LogP contribution in [0.3, 0.4) is 0 Å². The summed E-state index contributed by atoms with van der Waals surface area (Å²) < 4.78 is 26.9. The number of nitrogens with one attached hydrogen (secondary N) is 1. The van der Waals surface area contributed by atoms with Crippen molar-refractivity contribution in [2.45, 2.75) is 19.8 Å². The van der Waals surface area contributed by atoms with Crippen LogP contribution in [0.15, 0.2) is 35.1 Å². The van der Waals surface area contributed by atoms with Gasteiger partial charge in [-0.3, -0.25) is 4.79 Å². The van der Waals surface area contributed by atoms with Crippen LogP contribution in [0.1, 0.15) is 19.8 Å². The van der Waals surface area contributed by atoms with Crippen molar-refractivity contribution in [1.29, 1.82) is 0 Å². The number of anilines is 2. The van der Waals surface area contributed by atoms with Crippen molar-refractivity contribution in [3.05, 3.63) is 45.9 Å². The Labute approximate surface area is 216 Å².